The Balaban J connectivity index is 3.06. The molecule has 0 amide bonds. The van der Waals surface area contributed by atoms with Crippen LogP contribution >= 0.6 is 0 Å². The summed E-state index contributed by atoms with van der Waals surface area (Å²) in [5.74, 6) is -0.152. The van der Waals surface area contributed by atoms with Crippen molar-refractivity contribution in [2.75, 3.05) is 5.32 Å². The fourth-order valence-corrected chi connectivity index (χ4v) is 1.32. The second-order valence-electron chi connectivity index (χ2n) is 4.05. The van der Waals surface area contributed by atoms with E-state index in [2.05, 4.69) is 15.3 Å². The fraction of sp³-hybridized carbons (Fsp3) is 0.545. The highest BCUT2D eigenvalue weighted by atomic mass is 16.4. The van der Waals surface area contributed by atoms with Gasteiger partial charge in [-0.1, -0.05) is 13.8 Å². The van der Waals surface area contributed by atoms with Crippen LogP contribution in [0, 0.1) is 0 Å². The number of hydrogen-bond donors (Lipinski definition) is 3. The van der Waals surface area contributed by atoms with Crippen molar-refractivity contribution in [1.82, 2.24) is 9.97 Å². The van der Waals surface area contributed by atoms with Gasteiger partial charge in [0.15, 0.2) is 0 Å². The highest BCUT2D eigenvalue weighted by Gasteiger charge is 2.31. The normalized spacial score (nSPS) is 14.1. The van der Waals surface area contributed by atoms with Crippen LogP contribution in [0.5, 0.6) is 0 Å². The Morgan fingerprint density at radius 1 is 1.59 bits per heavy atom. The number of nitrogens with one attached hydrogen (secondary N) is 2. The number of aromatic amines is 1. The molecular formula is C11H17N3O3. The van der Waals surface area contributed by atoms with E-state index in [0.717, 1.165) is 0 Å². The molecule has 1 aromatic rings. The molecule has 1 rings (SSSR count). The first-order chi connectivity index (χ1) is 7.91. The van der Waals surface area contributed by atoms with Crippen LogP contribution in [0.25, 0.3) is 0 Å². The standard InChI is InChI=1S/C11H17N3O3/c1-4-7-12-8(6-9(15)13-7)14-11(3,5-2)10(16)17/h6H,4-5H2,1-3H3,(H,16,17)(H2,12,13,14,15). The van der Waals surface area contributed by atoms with Gasteiger partial charge in [0.25, 0.3) is 5.56 Å². The predicted molar refractivity (Wildman–Crippen MR) is 64.2 cm³/mol. The summed E-state index contributed by atoms with van der Waals surface area (Å²) < 4.78 is 0. The van der Waals surface area contributed by atoms with E-state index in [1.807, 2.05) is 6.92 Å². The Morgan fingerprint density at radius 3 is 2.71 bits per heavy atom. The molecule has 0 bridgehead atoms. The van der Waals surface area contributed by atoms with Gasteiger partial charge >= 0.3 is 5.97 Å². The van der Waals surface area contributed by atoms with E-state index >= 15 is 0 Å². The number of rotatable bonds is 5. The molecule has 94 valence electrons. The topological polar surface area (TPSA) is 95.1 Å². The van der Waals surface area contributed by atoms with Gasteiger partial charge in [-0.2, -0.15) is 0 Å². The summed E-state index contributed by atoms with van der Waals surface area (Å²) >= 11 is 0. The average molecular weight is 239 g/mol. The molecule has 0 aromatic carbocycles. The van der Waals surface area contributed by atoms with Crippen molar-refractivity contribution in [3.05, 3.63) is 22.2 Å². The summed E-state index contributed by atoms with van der Waals surface area (Å²) in [5, 5.41) is 11.9. The van der Waals surface area contributed by atoms with E-state index in [-0.39, 0.29) is 11.4 Å². The van der Waals surface area contributed by atoms with E-state index in [1.54, 1.807) is 13.8 Å². The molecule has 0 aliphatic heterocycles. The molecule has 0 saturated carbocycles. The van der Waals surface area contributed by atoms with Crippen molar-refractivity contribution in [3.63, 3.8) is 0 Å². The lowest BCUT2D eigenvalue weighted by molar-refractivity contribution is -0.141. The first-order valence-electron chi connectivity index (χ1n) is 5.53. The van der Waals surface area contributed by atoms with Crippen LogP contribution in [0.1, 0.15) is 33.0 Å². The summed E-state index contributed by atoms with van der Waals surface area (Å²) in [6, 6.07) is 1.26. The summed E-state index contributed by atoms with van der Waals surface area (Å²) in [6.07, 6.45) is 0.971. The number of hydrogen-bond acceptors (Lipinski definition) is 4. The van der Waals surface area contributed by atoms with E-state index in [9.17, 15) is 9.59 Å². The van der Waals surface area contributed by atoms with Crippen molar-refractivity contribution >= 4 is 11.8 Å². The third-order valence-corrected chi connectivity index (χ3v) is 2.71. The number of anilines is 1. The number of aromatic nitrogens is 2. The minimum Gasteiger partial charge on any atom is -0.480 e. The Kier molecular flexibility index (Phi) is 3.88. The Labute approximate surface area is 99.1 Å². The molecule has 0 fully saturated rings. The average Bonchev–Trinajstić information content (AvgIpc) is 2.27. The monoisotopic (exact) mass is 239 g/mol. The number of carbonyl (C=O) groups is 1. The molecule has 1 aromatic heterocycles. The number of nitrogens with zero attached hydrogens (tertiary/aromatic N) is 1. The summed E-state index contributed by atoms with van der Waals surface area (Å²) in [7, 11) is 0. The minimum atomic E-state index is -1.12. The van der Waals surface area contributed by atoms with Gasteiger partial charge in [0.05, 0.1) is 0 Å². The molecule has 0 radical (unpaired) electrons. The lowest BCUT2D eigenvalue weighted by Gasteiger charge is -2.25. The number of carboxylic acids is 1. The molecule has 6 nitrogen and oxygen atoms in total. The number of aliphatic carboxylic acids is 1. The van der Waals surface area contributed by atoms with Crippen molar-refractivity contribution in [1.29, 1.82) is 0 Å². The van der Waals surface area contributed by atoms with Crippen molar-refractivity contribution in [2.45, 2.75) is 39.2 Å². The van der Waals surface area contributed by atoms with Gasteiger partial charge in [-0.15, -0.1) is 0 Å². The van der Waals surface area contributed by atoms with E-state index in [1.165, 1.54) is 6.07 Å². The maximum Gasteiger partial charge on any atom is 0.329 e. The number of carboxylic acid groups (broad SMARTS) is 1. The molecule has 17 heavy (non-hydrogen) atoms. The number of aryl methyl sites for hydroxylation is 1. The molecule has 1 atom stereocenters. The third kappa shape index (κ3) is 3.05. The van der Waals surface area contributed by atoms with E-state index < -0.39 is 11.5 Å². The van der Waals surface area contributed by atoms with Crippen molar-refractivity contribution in [2.24, 2.45) is 0 Å². The van der Waals surface area contributed by atoms with Crippen molar-refractivity contribution in [3.8, 4) is 0 Å². The second-order valence-corrected chi connectivity index (χ2v) is 4.05. The highest BCUT2D eigenvalue weighted by molar-refractivity contribution is 5.81. The summed E-state index contributed by atoms with van der Waals surface area (Å²) in [5.41, 5.74) is -1.41. The zero-order valence-electron chi connectivity index (χ0n) is 10.2. The van der Waals surface area contributed by atoms with Crippen molar-refractivity contribution < 1.29 is 9.90 Å². The largest absolute Gasteiger partial charge is 0.480 e. The molecule has 0 saturated heterocycles. The molecule has 0 spiro atoms. The third-order valence-electron chi connectivity index (χ3n) is 2.71. The fourth-order valence-electron chi connectivity index (χ4n) is 1.32. The summed E-state index contributed by atoms with van der Waals surface area (Å²) in [6.45, 7) is 5.18. The lowest BCUT2D eigenvalue weighted by atomic mass is 9.99. The maximum atomic E-state index is 11.3. The molecule has 1 heterocycles. The van der Waals surface area contributed by atoms with E-state index in [0.29, 0.717) is 18.7 Å². The Bertz CT molecular complexity index is 469. The molecule has 1 unspecified atom stereocenters. The van der Waals surface area contributed by atoms with E-state index in [4.69, 9.17) is 5.11 Å². The molecule has 0 aliphatic carbocycles. The maximum absolute atomic E-state index is 11.3. The molecule has 6 heteroatoms. The predicted octanol–water partition coefficient (Wildman–Crippen LogP) is 0.997. The van der Waals surface area contributed by atoms with Crippen LogP contribution in [-0.4, -0.2) is 26.6 Å². The number of H-pyrrole nitrogens is 1. The Morgan fingerprint density at radius 2 is 2.24 bits per heavy atom. The van der Waals surface area contributed by atoms with Gasteiger partial charge in [0.2, 0.25) is 0 Å². The van der Waals surface area contributed by atoms with Gasteiger partial charge in [0.1, 0.15) is 17.2 Å². The quantitative estimate of drug-likeness (QED) is 0.712. The first kappa shape index (κ1) is 13.2. The van der Waals surface area contributed by atoms with Crippen LogP contribution < -0.4 is 10.9 Å². The second kappa shape index (κ2) is 4.99. The van der Waals surface area contributed by atoms with Gasteiger partial charge in [-0.25, -0.2) is 9.78 Å². The molecule has 0 aliphatic rings. The van der Waals surface area contributed by atoms with Crippen LogP contribution in [0.4, 0.5) is 5.82 Å². The first-order valence-corrected chi connectivity index (χ1v) is 5.53. The van der Waals surface area contributed by atoms with Crippen LogP contribution in [0.15, 0.2) is 10.9 Å². The smallest absolute Gasteiger partial charge is 0.329 e. The highest BCUT2D eigenvalue weighted by Crippen LogP contribution is 2.16. The van der Waals surface area contributed by atoms with Gasteiger partial charge < -0.3 is 15.4 Å². The van der Waals surface area contributed by atoms with Crippen LogP contribution in [-0.2, 0) is 11.2 Å². The zero-order valence-corrected chi connectivity index (χ0v) is 10.2. The molecular weight excluding hydrogens is 222 g/mol. The van der Waals surface area contributed by atoms with Crippen LogP contribution in [0.2, 0.25) is 0 Å². The zero-order chi connectivity index (χ0) is 13.1. The van der Waals surface area contributed by atoms with Gasteiger partial charge in [-0.05, 0) is 13.3 Å². The SMILES string of the molecule is CCc1nc(NC(C)(CC)C(=O)O)cc(=O)[nH]1. The summed E-state index contributed by atoms with van der Waals surface area (Å²) in [4.78, 5) is 29.2. The van der Waals surface area contributed by atoms with Crippen LogP contribution in [0.3, 0.4) is 0 Å². The Hall–Kier alpha value is -1.85. The van der Waals surface area contributed by atoms with Gasteiger partial charge in [0, 0.05) is 12.5 Å². The minimum absolute atomic E-state index is 0.289. The molecule has 3 N–H and O–H groups in total. The van der Waals surface area contributed by atoms with Gasteiger partial charge in [-0.3, -0.25) is 4.79 Å². The lowest BCUT2D eigenvalue weighted by Crippen LogP contribution is -2.43.